The van der Waals surface area contributed by atoms with Crippen LogP contribution < -0.4 is 5.32 Å². The molecule has 1 amide bonds. The van der Waals surface area contributed by atoms with E-state index in [4.69, 9.17) is 0 Å². The monoisotopic (exact) mass is 271 g/mol. The van der Waals surface area contributed by atoms with Crippen LogP contribution in [0.15, 0.2) is 18.7 Å². The summed E-state index contributed by atoms with van der Waals surface area (Å²) in [5.41, 5.74) is 0.494. The minimum absolute atomic E-state index is 0.129. The number of halogens is 1. The van der Waals surface area contributed by atoms with Crippen molar-refractivity contribution in [1.82, 2.24) is 15.3 Å². The van der Waals surface area contributed by atoms with E-state index in [9.17, 15) is 4.79 Å². The van der Waals surface area contributed by atoms with E-state index < -0.39 is 0 Å². The molecule has 1 aromatic heterocycles. The largest absolute Gasteiger partial charge is 0.351 e. The molecule has 0 aliphatic rings. The normalized spacial score (nSPS) is 12.1. The SMILES string of the molecule is CCCC(Br)CNC(=O)c1cncnc1. The second-order valence-corrected chi connectivity index (χ2v) is 4.52. The highest BCUT2D eigenvalue weighted by Gasteiger charge is 2.08. The van der Waals surface area contributed by atoms with E-state index in [0.717, 1.165) is 12.8 Å². The Morgan fingerprint density at radius 3 is 2.80 bits per heavy atom. The van der Waals surface area contributed by atoms with E-state index >= 15 is 0 Å². The number of carbonyl (C=O) groups excluding carboxylic acids is 1. The van der Waals surface area contributed by atoms with Crippen molar-refractivity contribution >= 4 is 21.8 Å². The molecule has 1 atom stereocenters. The summed E-state index contributed by atoms with van der Waals surface area (Å²) < 4.78 is 0. The molecule has 1 aromatic rings. The summed E-state index contributed by atoms with van der Waals surface area (Å²) in [5.74, 6) is -0.129. The first-order valence-corrected chi connectivity index (χ1v) is 5.83. The first kappa shape index (κ1) is 12.1. The van der Waals surface area contributed by atoms with Crippen LogP contribution >= 0.6 is 15.9 Å². The Kier molecular flexibility index (Phi) is 5.25. The number of hydrogen-bond donors (Lipinski definition) is 1. The average molecular weight is 272 g/mol. The molecule has 0 aliphatic heterocycles. The van der Waals surface area contributed by atoms with Crippen LogP contribution in [0.3, 0.4) is 0 Å². The molecule has 15 heavy (non-hydrogen) atoms. The van der Waals surface area contributed by atoms with Gasteiger partial charge in [-0.2, -0.15) is 0 Å². The van der Waals surface area contributed by atoms with Crippen LogP contribution in [0, 0.1) is 0 Å². The van der Waals surface area contributed by atoms with Gasteiger partial charge in [-0.1, -0.05) is 29.3 Å². The van der Waals surface area contributed by atoms with Crippen LogP contribution in [0.4, 0.5) is 0 Å². The Morgan fingerprint density at radius 2 is 2.20 bits per heavy atom. The van der Waals surface area contributed by atoms with E-state index in [1.54, 1.807) is 0 Å². The standard InChI is InChI=1S/C10H14BrN3O/c1-2-3-9(11)6-14-10(15)8-4-12-7-13-5-8/h4-5,7,9H,2-3,6H2,1H3,(H,14,15). The molecule has 4 nitrogen and oxygen atoms in total. The van der Waals surface area contributed by atoms with Crippen LogP contribution in [0.25, 0.3) is 0 Å². The molecule has 0 radical (unpaired) electrons. The lowest BCUT2D eigenvalue weighted by Gasteiger charge is -2.09. The van der Waals surface area contributed by atoms with Crippen molar-refractivity contribution in [3.63, 3.8) is 0 Å². The Balaban J connectivity index is 2.37. The molecule has 1 unspecified atom stereocenters. The van der Waals surface area contributed by atoms with Crippen LogP contribution in [0.2, 0.25) is 0 Å². The summed E-state index contributed by atoms with van der Waals surface area (Å²) in [7, 11) is 0. The summed E-state index contributed by atoms with van der Waals surface area (Å²) in [4.78, 5) is 19.4. The highest BCUT2D eigenvalue weighted by Crippen LogP contribution is 2.06. The topological polar surface area (TPSA) is 54.9 Å². The summed E-state index contributed by atoms with van der Waals surface area (Å²) in [6.45, 7) is 2.74. The first-order chi connectivity index (χ1) is 7.24. The fourth-order valence-electron chi connectivity index (χ4n) is 1.14. The van der Waals surface area contributed by atoms with E-state index in [2.05, 4.69) is 38.1 Å². The third kappa shape index (κ3) is 4.38. The molecule has 0 aliphatic carbocycles. The molecule has 1 heterocycles. The highest BCUT2D eigenvalue weighted by atomic mass is 79.9. The molecule has 1 rings (SSSR count). The average Bonchev–Trinajstić information content (AvgIpc) is 2.27. The van der Waals surface area contributed by atoms with Crippen LogP contribution in [0.5, 0.6) is 0 Å². The van der Waals surface area contributed by atoms with Crippen molar-refractivity contribution in [1.29, 1.82) is 0 Å². The predicted octanol–water partition coefficient (Wildman–Crippen LogP) is 1.77. The van der Waals surface area contributed by atoms with E-state index in [1.165, 1.54) is 18.7 Å². The van der Waals surface area contributed by atoms with Gasteiger partial charge in [-0.15, -0.1) is 0 Å². The van der Waals surface area contributed by atoms with E-state index in [1.807, 2.05) is 0 Å². The molecule has 5 heteroatoms. The van der Waals surface area contributed by atoms with Gasteiger partial charge in [-0.05, 0) is 6.42 Å². The van der Waals surface area contributed by atoms with Gasteiger partial charge in [0.15, 0.2) is 0 Å². The van der Waals surface area contributed by atoms with Gasteiger partial charge in [0.1, 0.15) is 6.33 Å². The lowest BCUT2D eigenvalue weighted by atomic mass is 10.2. The molecular weight excluding hydrogens is 258 g/mol. The zero-order valence-electron chi connectivity index (χ0n) is 8.61. The van der Waals surface area contributed by atoms with Crippen LogP contribution in [-0.4, -0.2) is 27.2 Å². The second kappa shape index (κ2) is 6.50. The smallest absolute Gasteiger partial charge is 0.254 e. The van der Waals surface area contributed by atoms with Crippen molar-refractivity contribution in [3.05, 3.63) is 24.3 Å². The third-order valence-corrected chi connectivity index (χ3v) is 2.69. The van der Waals surface area contributed by atoms with Gasteiger partial charge in [0.25, 0.3) is 5.91 Å². The summed E-state index contributed by atoms with van der Waals surface area (Å²) in [6, 6.07) is 0. The maximum Gasteiger partial charge on any atom is 0.254 e. The Morgan fingerprint density at radius 1 is 1.53 bits per heavy atom. The maximum absolute atomic E-state index is 11.5. The van der Waals surface area contributed by atoms with Gasteiger partial charge in [0.2, 0.25) is 0 Å². The van der Waals surface area contributed by atoms with Crippen molar-refractivity contribution in [2.45, 2.75) is 24.6 Å². The van der Waals surface area contributed by atoms with Crippen LogP contribution in [-0.2, 0) is 0 Å². The second-order valence-electron chi connectivity index (χ2n) is 3.22. The molecule has 0 spiro atoms. The van der Waals surface area contributed by atoms with Crippen molar-refractivity contribution in [2.24, 2.45) is 0 Å². The Bertz CT molecular complexity index is 305. The summed E-state index contributed by atoms with van der Waals surface area (Å²) >= 11 is 3.49. The molecule has 0 saturated carbocycles. The van der Waals surface area contributed by atoms with Gasteiger partial charge in [0.05, 0.1) is 5.56 Å². The number of carbonyl (C=O) groups is 1. The van der Waals surface area contributed by atoms with Gasteiger partial charge < -0.3 is 5.32 Å². The Hall–Kier alpha value is -0.970. The molecule has 0 saturated heterocycles. The summed E-state index contributed by atoms with van der Waals surface area (Å²) in [6.07, 6.45) is 6.56. The molecule has 1 N–H and O–H groups in total. The zero-order chi connectivity index (χ0) is 11.1. The predicted molar refractivity (Wildman–Crippen MR) is 62.0 cm³/mol. The highest BCUT2D eigenvalue weighted by molar-refractivity contribution is 9.09. The lowest BCUT2D eigenvalue weighted by Crippen LogP contribution is -2.29. The third-order valence-electron chi connectivity index (χ3n) is 1.91. The minimum atomic E-state index is -0.129. The molecule has 0 fully saturated rings. The molecule has 0 bridgehead atoms. The van der Waals surface area contributed by atoms with Gasteiger partial charge in [-0.25, -0.2) is 9.97 Å². The van der Waals surface area contributed by atoms with E-state index in [-0.39, 0.29) is 5.91 Å². The van der Waals surface area contributed by atoms with Crippen molar-refractivity contribution in [2.75, 3.05) is 6.54 Å². The summed E-state index contributed by atoms with van der Waals surface area (Å²) in [5, 5.41) is 2.82. The molecule has 82 valence electrons. The lowest BCUT2D eigenvalue weighted by molar-refractivity contribution is 0.0953. The maximum atomic E-state index is 11.5. The number of nitrogens with one attached hydrogen (secondary N) is 1. The van der Waals surface area contributed by atoms with Gasteiger partial charge >= 0.3 is 0 Å². The Labute approximate surface area is 97.6 Å². The van der Waals surface area contributed by atoms with Crippen LogP contribution in [0.1, 0.15) is 30.1 Å². The molecular formula is C10H14BrN3O. The number of nitrogens with zero attached hydrogens (tertiary/aromatic N) is 2. The van der Waals surface area contributed by atoms with Gasteiger partial charge in [-0.3, -0.25) is 4.79 Å². The van der Waals surface area contributed by atoms with Gasteiger partial charge in [0, 0.05) is 23.8 Å². The number of aromatic nitrogens is 2. The quantitative estimate of drug-likeness (QED) is 0.831. The minimum Gasteiger partial charge on any atom is -0.351 e. The van der Waals surface area contributed by atoms with Crippen molar-refractivity contribution < 1.29 is 4.79 Å². The molecule has 0 aromatic carbocycles. The number of amides is 1. The fourth-order valence-corrected chi connectivity index (χ4v) is 1.76. The van der Waals surface area contributed by atoms with E-state index in [0.29, 0.717) is 16.9 Å². The fraction of sp³-hybridized carbons (Fsp3) is 0.500. The number of alkyl halides is 1. The number of hydrogen-bond acceptors (Lipinski definition) is 3. The zero-order valence-corrected chi connectivity index (χ0v) is 10.2. The van der Waals surface area contributed by atoms with Crippen molar-refractivity contribution in [3.8, 4) is 0 Å². The number of rotatable bonds is 5. The first-order valence-electron chi connectivity index (χ1n) is 4.91.